The quantitative estimate of drug-likeness (QED) is 0.494. The van der Waals surface area contributed by atoms with Crippen molar-refractivity contribution in [2.75, 3.05) is 9.80 Å². The number of imide groups is 1. The Morgan fingerprint density at radius 2 is 1.32 bits per heavy atom. The number of urea groups is 1. The molecule has 0 N–H and O–H groups in total. The molecule has 1 aliphatic heterocycles. The number of hydrogen-bond acceptors (Lipinski definition) is 3. The molecule has 0 radical (unpaired) electrons. The van der Waals surface area contributed by atoms with E-state index in [9.17, 15) is 14.4 Å². The second kappa shape index (κ2) is 6.38. The monoisotopic (exact) mass is 464 g/mol. The van der Waals surface area contributed by atoms with Crippen LogP contribution < -0.4 is 9.80 Å². The van der Waals surface area contributed by atoms with E-state index in [1.54, 1.807) is 48.5 Å². The summed E-state index contributed by atoms with van der Waals surface area (Å²) in [4.78, 5) is 40.8. The van der Waals surface area contributed by atoms with Crippen molar-refractivity contribution < 1.29 is 14.4 Å². The van der Waals surface area contributed by atoms with Gasteiger partial charge in [-0.05, 0) is 62.4 Å². The van der Waals surface area contributed by atoms with Gasteiger partial charge in [0.05, 0.1) is 5.69 Å². The van der Waals surface area contributed by atoms with Crippen molar-refractivity contribution in [2.24, 2.45) is 0 Å². The number of halogens is 2. The number of benzene rings is 2. The van der Waals surface area contributed by atoms with Crippen LogP contribution in [0.3, 0.4) is 0 Å². The Kier molecular flexibility index (Phi) is 4.55. The van der Waals surface area contributed by atoms with E-state index in [0.717, 1.165) is 13.8 Å². The first-order valence-electron chi connectivity index (χ1n) is 7.47. The lowest BCUT2D eigenvalue weighted by molar-refractivity contribution is -0.130. The highest BCUT2D eigenvalue weighted by atomic mass is 79.9. The van der Waals surface area contributed by atoms with Gasteiger partial charge in [0.15, 0.2) is 11.3 Å². The molecule has 1 saturated heterocycles. The topological polar surface area (TPSA) is 57.7 Å². The Hall–Kier alpha value is -1.99. The number of carbonyl (C=O) groups excluding carboxylic acids is 3. The van der Waals surface area contributed by atoms with Gasteiger partial charge in [-0.25, -0.2) is 9.69 Å². The molecule has 2 aromatic carbocycles. The minimum Gasteiger partial charge on any atom is -0.297 e. The normalized spacial score (nSPS) is 20.3. The minimum absolute atomic E-state index is 0.395. The Balaban J connectivity index is 2.14. The lowest BCUT2D eigenvalue weighted by Gasteiger charge is -2.29. The van der Waals surface area contributed by atoms with Gasteiger partial charge in [-0.2, -0.15) is 0 Å². The van der Waals surface area contributed by atoms with Crippen LogP contribution in [-0.4, -0.2) is 23.3 Å². The standard InChI is InChI=1S/C18H14Br2N2O3/c1-11(23)18(2)16(24)21(14-7-3-12(19)4-8-14)17(25)22(18)15-9-5-13(20)6-10-15/h3-10H,1-2H3/t18-/m1/s1. The zero-order valence-corrected chi connectivity index (χ0v) is 16.7. The number of nitrogens with zero attached hydrogens (tertiary/aromatic N) is 2. The fourth-order valence-electron chi connectivity index (χ4n) is 2.78. The third-order valence-electron chi connectivity index (χ3n) is 4.30. The highest BCUT2D eigenvalue weighted by Gasteiger charge is 2.58. The molecule has 1 atom stereocenters. The molecule has 1 heterocycles. The summed E-state index contributed by atoms with van der Waals surface area (Å²) in [5.41, 5.74) is -0.679. The molecule has 0 aromatic heterocycles. The van der Waals surface area contributed by atoms with Gasteiger partial charge in [0.2, 0.25) is 0 Å². The molecule has 2 aromatic rings. The number of rotatable bonds is 3. The first kappa shape index (κ1) is 17.8. The van der Waals surface area contributed by atoms with Gasteiger partial charge in [0, 0.05) is 14.6 Å². The van der Waals surface area contributed by atoms with Crippen molar-refractivity contribution in [1.82, 2.24) is 0 Å². The smallest absolute Gasteiger partial charge is 0.297 e. The highest BCUT2D eigenvalue weighted by molar-refractivity contribution is 9.10. The highest BCUT2D eigenvalue weighted by Crippen LogP contribution is 2.37. The molecule has 0 aliphatic carbocycles. The number of hydrogen-bond donors (Lipinski definition) is 0. The number of anilines is 2. The van der Waals surface area contributed by atoms with Gasteiger partial charge in [-0.3, -0.25) is 14.5 Å². The van der Waals surface area contributed by atoms with Crippen LogP contribution in [0.4, 0.5) is 16.2 Å². The maximum absolute atomic E-state index is 13.1. The Morgan fingerprint density at radius 3 is 1.76 bits per heavy atom. The molecule has 1 fully saturated rings. The summed E-state index contributed by atoms with van der Waals surface area (Å²) in [5, 5.41) is 0. The van der Waals surface area contributed by atoms with Crippen LogP contribution in [0, 0.1) is 0 Å². The number of carbonyl (C=O) groups is 3. The van der Waals surface area contributed by atoms with Crippen molar-refractivity contribution in [3.05, 3.63) is 57.5 Å². The van der Waals surface area contributed by atoms with Gasteiger partial charge < -0.3 is 0 Å². The molecule has 3 amide bonds. The maximum atomic E-state index is 13.1. The van der Waals surface area contributed by atoms with E-state index in [4.69, 9.17) is 0 Å². The molecule has 3 rings (SSSR count). The molecule has 5 nitrogen and oxygen atoms in total. The summed E-state index contributed by atoms with van der Waals surface area (Å²) < 4.78 is 1.66. The fourth-order valence-corrected chi connectivity index (χ4v) is 3.30. The molecule has 128 valence electrons. The van der Waals surface area contributed by atoms with E-state index in [2.05, 4.69) is 31.9 Å². The van der Waals surface area contributed by atoms with Crippen molar-refractivity contribution in [1.29, 1.82) is 0 Å². The van der Waals surface area contributed by atoms with Gasteiger partial charge in [0.1, 0.15) is 0 Å². The average Bonchev–Trinajstić information content (AvgIpc) is 2.77. The van der Waals surface area contributed by atoms with Crippen LogP contribution in [-0.2, 0) is 9.59 Å². The third-order valence-corrected chi connectivity index (χ3v) is 5.36. The fraction of sp³-hybridized carbons (Fsp3) is 0.167. The van der Waals surface area contributed by atoms with Crippen LogP contribution in [0.5, 0.6) is 0 Å². The van der Waals surface area contributed by atoms with E-state index >= 15 is 0 Å². The van der Waals surface area contributed by atoms with Crippen molar-refractivity contribution in [3.63, 3.8) is 0 Å². The largest absolute Gasteiger partial charge is 0.337 e. The second-order valence-corrected chi connectivity index (χ2v) is 7.67. The number of amides is 3. The molecular formula is C18H14Br2N2O3. The van der Waals surface area contributed by atoms with Gasteiger partial charge in [0.25, 0.3) is 5.91 Å². The Morgan fingerprint density at radius 1 is 0.880 bits per heavy atom. The van der Waals surface area contributed by atoms with Gasteiger partial charge in [-0.1, -0.05) is 31.9 Å². The summed E-state index contributed by atoms with van der Waals surface area (Å²) in [7, 11) is 0. The molecule has 0 saturated carbocycles. The van der Waals surface area contributed by atoms with E-state index in [1.807, 2.05) is 0 Å². The van der Waals surface area contributed by atoms with Crippen LogP contribution in [0.1, 0.15) is 13.8 Å². The molecule has 0 bridgehead atoms. The molecule has 7 heteroatoms. The maximum Gasteiger partial charge on any atom is 0.337 e. The van der Waals surface area contributed by atoms with Crippen LogP contribution >= 0.6 is 31.9 Å². The Bertz CT molecular complexity index is 865. The predicted octanol–water partition coefficient (Wildman–Crippen LogP) is 4.53. The first-order valence-corrected chi connectivity index (χ1v) is 9.06. The lowest BCUT2D eigenvalue weighted by atomic mass is 9.95. The Labute approximate surface area is 161 Å². The van der Waals surface area contributed by atoms with E-state index < -0.39 is 23.3 Å². The summed E-state index contributed by atoms with van der Waals surface area (Å²) in [6.45, 7) is 2.80. The van der Waals surface area contributed by atoms with Crippen LogP contribution in [0.2, 0.25) is 0 Å². The molecule has 0 unspecified atom stereocenters. The van der Waals surface area contributed by atoms with Gasteiger partial charge >= 0.3 is 6.03 Å². The zero-order chi connectivity index (χ0) is 18.4. The van der Waals surface area contributed by atoms with Crippen molar-refractivity contribution >= 4 is 61.0 Å². The number of ketones is 1. The van der Waals surface area contributed by atoms with Crippen LogP contribution in [0.15, 0.2) is 57.5 Å². The van der Waals surface area contributed by atoms with E-state index in [0.29, 0.717) is 11.4 Å². The van der Waals surface area contributed by atoms with Crippen molar-refractivity contribution in [3.8, 4) is 0 Å². The first-order chi connectivity index (χ1) is 11.8. The SMILES string of the molecule is CC(=O)[C@]1(C)C(=O)N(c2ccc(Br)cc2)C(=O)N1c1ccc(Br)cc1. The average molecular weight is 466 g/mol. The van der Waals surface area contributed by atoms with Gasteiger partial charge in [-0.15, -0.1) is 0 Å². The zero-order valence-electron chi connectivity index (χ0n) is 13.5. The molecule has 25 heavy (non-hydrogen) atoms. The minimum atomic E-state index is -1.59. The third kappa shape index (κ3) is 2.81. The predicted molar refractivity (Wildman–Crippen MR) is 103 cm³/mol. The van der Waals surface area contributed by atoms with E-state index in [-0.39, 0.29) is 0 Å². The molecular weight excluding hydrogens is 452 g/mol. The summed E-state index contributed by atoms with van der Waals surface area (Å²) in [6.07, 6.45) is 0. The number of Topliss-reactive ketones (excluding diaryl/α,β-unsaturated/α-hetero) is 1. The summed E-state index contributed by atoms with van der Waals surface area (Å²) in [6, 6.07) is 13.2. The summed E-state index contributed by atoms with van der Waals surface area (Å²) >= 11 is 6.67. The molecule has 0 spiro atoms. The van der Waals surface area contributed by atoms with E-state index in [1.165, 1.54) is 18.7 Å². The van der Waals surface area contributed by atoms with Crippen molar-refractivity contribution in [2.45, 2.75) is 19.4 Å². The van der Waals surface area contributed by atoms with Crippen LogP contribution in [0.25, 0.3) is 0 Å². The molecule has 1 aliphatic rings. The second-order valence-electron chi connectivity index (χ2n) is 5.84. The summed E-state index contributed by atoms with van der Waals surface area (Å²) in [5.74, 6) is -0.955. The lowest BCUT2D eigenvalue weighted by Crippen LogP contribution is -2.53.